The maximum Gasteiger partial charge on any atom is 0.258 e. The van der Waals surface area contributed by atoms with Crippen molar-refractivity contribution in [2.75, 3.05) is 26.0 Å². The predicted molar refractivity (Wildman–Crippen MR) is 124 cm³/mol. The third kappa shape index (κ3) is 6.48. The van der Waals surface area contributed by atoms with Crippen molar-refractivity contribution < 1.29 is 17.9 Å². The summed E-state index contributed by atoms with van der Waals surface area (Å²) in [5.74, 6) is 0.227. The standard InChI is InChI=1S/C23H30N2O4S2/c1-18(19-7-11-21(30-2)12-8-19)24-23(26)17-29-20-9-13-22(14-10-20)31(27,28)25-15-5-3-4-6-16-25/h7-14,18H,3-6,15-17H2,1-2H3,(H,24,26)/t18-/m0/s1. The van der Waals surface area contributed by atoms with Crippen molar-refractivity contribution in [1.29, 1.82) is 0 Å². The second-order valence-electron chi connectivity index (χ2n) is 7.64. The lowest BCUT2D eigenvalue weighted by atomic mass is 10.1. The molecule has 1 fully saturated rings. The number of benzene rings is 2. The van der Waals surface area contributed by atoms with Gasteiger partial charge in [0.15, 0.2) is 6.61 Å². The Hall–Kier alpha value is -2.03. The molecule has 0 aromatic heterocycles. The molecule has 1 amide bonds. The van der Waals surface area contributed by atoms with Gasteiger partial charge in [-0.2, -0.15) is 4.31 Å². The Balaban J connectivity index is 1.52. The molecule has 1 aliphatic heterocycles. The minimum atomic E-state index is -3.49. The third-order valence-corrected chi connectivity index (χ3v) is 8.05. The van der Waals surface area contributed by atoms with Crippen LogP contribution in [0.15, 0.2) is 58.3 Å². The van der Waals surface area contributed by atoms with E-state index in [-0.39, 0.29) is 23.5 Å². The Morgan fingerprint density at radius 1 is 1.03 bits per heavy atom. The van der Waals surface area contributed by atoms with Gasteiger partial charge >= 0.3 is 0 Å². The number of hydrogen-bond acceptors (Lipinski definition) is 5. The number of ether oxygens (including phenoxy) is 1. The minimum Gasteiger partial charge on any atom is -0.484 e. The van der Waals surface area contributed by atoms with Crippen molar-refractivity contribution in [2.45, 2.75) is 48.4 Å². The Morgan fingerprint density at radius 3 is 2.23 bits per heavy atom. The lowest BCUT2D eigenvalue weighted by molar-refractivity contribution is -0.123. The van der Waals surface area contributed by atoms with Crippen LogP contribution >= 0.6 is 11.8 Å². The second kappa shape index (κ2) is 11.0. The highest BCUT2D eigenvalue weighted by molar-refractivity contribution is 7.98. The zero-order valence-corrected chi connectivity index (χ0v) is 19.7. The monoisotopic (exact) mass is 462 g/mol. The van der Waals surface area contributed by atoms with Gasteiger partial charge in [-0.15, -0.1) is 11.8 Å². The molecule has 1 saturated heterocycles. The van der Waals surface area contributed by atoms with Crippen molar-refractivity contribution in [2.24, 2.45) is 0 Å². The molecule has 0 saturated carbocycles. The summed E-state index contributed by atoms with van der Waals surface area (Å²) >= 11 is 1.67. The Labute approximate surface area is 189 Å². The number of nitrogens with zero attached hydrogens (tertiary/aromatic N) is 1. The first kappa shape index (κ1) is 23.6. The van der Waals surface area contributed by atoms with Crippen LogP contribution in [0, 0.1) is 0 Å². The Bertz CT molecular complexity index is 952. The van der Waals surface area contributed by atoms with Crippen LogP contribution in [0.5, 0.6) is 5.75 Å². The van der Waals surface area contributed by atoms with E-state index in [1.807, 2.05) is 37.4 Å². The first-order valence-electron chi connectivity index (χ1n) is 10.6. The molecule has 0 radical (unpaired) electrons. The zero-order valence-electron chi connectivity index (χ0n) is 18.0. The van der Waals surface area contributed by atoms with Crippen LogP contribution in [0.1, 0.15) is 44.2 Å². The fraction of sp³-hybridized carbons (Fsp3) is 0.435. The predicted octanol–water partition coefficient (Wildman–Crippen LogP) is 4.23. The van der Waals surface area contributed by atoms with Crippen molar-refractivity contribution in [3.8, 4) is 5.75 Å². The quantitative estimate of drug-likeness (QED) is 0.594. The number of thioether (sulfide) groups is 1. The smallest absolute Gasteiger partial charge is 0.258 e. The summed E-state index contributed by atoms with van der Waals surface area (Å²) < 4.78 is 32.8. The fourth-order valence-corrected chi connectivity index (χ4v) is 5.47. The van der Waals surface area contributed by atoms with Crippen LogP contribution in [0.4, 0.5) is 0 Å². The van der Waals surface area contributed by atoms with Crippen LogP contribution < -0.4 is 10.1 Å². The molecule has 0 aliphatic carbocycles. The highest BCUT2D eigenvalue weighted by Crippen LogP contribution is 2.23. The van der Waals surface area contributed by atoms with E-state index in [4.69, 9.17) is 4.74 Å². The van der Waals surface area contributed by atoms with Crippen LogP contribution in [-0.4, -0.2) is 44.6 Å². The van der Waals surface area contributed by atoms with Gasteiger partial charge < -0.3 is 10.1 Å². The van der Waals surface area contributed by atoms with E-state index in [2.05, 4.69) is 5.32 Å². The summed E-state index contributed by atoms with van der Waals surface area (Å²) in [5, 5.41) is 2.92. The van der Waals surface area contributed by atoms with E-state index in [0.717, 1.165) is 31.2 Å². The molecule has 0 bridgehead atoms. The van der Waals surface area contributed by atoms with Gasteiger partial charge in [0.05, 0.1) is 10.9 Å². The maximum absolute atomic E-state index is 12.8. The molecular weight excluding hydrogens is 432 g/mol. The molecule has 2 aromatic rings. The minimum absolute atomic E-state index is 0.131. The van der Waals surface area contributed by atoms with Crippen molar-refractivity contribution in [1.82, 2.24) is 9.62 Å². The van der Waals surface area contributed by atoms with Crippen molar-refractivity contribution in [3.63, 3.8) is 0 Å². The van der Waals surface area contributed by atoms with E-state index >= 15 is 0 Å². The molecule has 1 atom stereocenters. The van der Waals surface area contributed by atoms with E-state index in [1.54, 1.807) is 40.3 Å². The van der Waals surface area contributed by atoms with E-state index in [0.29, 0.717) is 18.8 Å². The molecule has 3 rings (SSSR count). The largest absolute Gasteiger partial charge is 0.484 e. The van der Waals surface area contributed by atoms with Crippen LogP contribution in [0.2, 0.25) is 0 Å². The van der Waals surface area contributed by atoms with Crippen LogP contribution in [0.25, 0.3) is 0 Å². The number of sulfonamides is 1. The normalized spacial score (nSPS) is 16.3. The SMILES string of the molecule is CSc1ccc([C@H](C)NC(=O)COc2ccc(S(=O)(=O)N3CCCCCC3)cc2)cc1. The fourth-order valence-electron chi connectivity index (χ4n) is 3.55. The van der Waals surface area contributed by atoms with Crippen LogP contribution in [0.3, 0.4) is 0 Å². The lowest BCUT2D eigenvalue weighted by Crippen LogP contribution is -2.32. The first-order valence-corrected chi connectivity index (χ1v) is 13.2. The number of hydrogen-bond donors (Lipinski definition) is 1. The van der Waals surface area contributed by atoms with Crippen LogP contribution in [-0.2, 0) is 14.8 Å². The van der Waals surface area contributed by atoms with Gasteiger partial charge in [0, 0.05) is 18.0 Å². The summed E-state index contributed by atoms with van der Waals surface area (Å²) in [4.78, 5) is 13.7. The number of carbonyl (C=O) groups is 1. The molecule has 2 aromatic carbocycles. The molecule has 1 aliphatic rings. The number of nitrogens with one attached hydrogen (secondary N) is 1. The molecule has 1 heterocycles. The van der Waals surface area contributed by atoms with E-state index in [1.165, 1.54) is 4.90 Å². The van der Waals surface area contributed by atoms with Gasteiger partial charge in [0.1, 0.15) is 5.75 Å². The average Bonchev–Trinajstić information content (AvgIpc) is 3.08. The van der Waals surface area contributed by atoms with Gasteiger partial charge in [-0.25, -0.2) is 8.42 Å². The first-order chi connectivity index (χ1) is 14.9. The molecule has 31 heavy (non-hydrogen) atoms. The number of rotatable bonds is 8. The molecule has 168 valence electrons. The topological polar surface area (TPSA) is 75.7 Å². The molecule has 8 heteroatoms. The average molecular weight is 463 g/mol. The summed E-state index contributed by atoms with van der Waals surface area (Å²) in [7, 11) is -3.49. The molecule has 0 spiro atoms. The summed E-state index contributed by atoms with van der Waals surface area (Å²) in [6.07, 6.45) is 5.96. The zero-order chi connectivity index (χ0) is 22.3. The molecular formula is C23H30N2O4S2. The lowest BCUT2D eigenvalue weighted by Gasteiger charge is -2.20. The van der Waals surface area contributed by atoms with Gasteiger partial charge in [-0.05, 0) is 68.0 Å². The van der Waals surface area contributed by atoms with Gasteiger partial charge in [-0.1, -0.05) is 25.0 Å². The Morgan fingerprint density at radius 2 is 1.65 bits per heavy atom. The third-order valence-electron chi connectivity index (χ3n) is 5.39. The number of carbonyl (C=O) groups excluding carboxylic acids is 1. The Kier molecular flexibility index (Phi) is 8.40. The number of amides is 1. The maximum atomic E-state index is 12.8. The summed E-state index contributed by atoms with van der Waals surface area (Å²) in [5.41, 5.74) is 1.02. The highest BCUT2D eigenvalue weighted by Gasteiger charge is 2.25. The van der Waals surface area contributed by atoms with Crippen molar-refractivity contribution >= 4 is 27.7 Å². The van der Waals surface area contributed by atoms with Crippen molar-refractivity contribution in [3.05, 3.63) is 54.1 Å². The summed E-state index contributed by atoms with van der Waals surface area (Å²) in [6, 6.07) is 14.2. The van der Waals surface area contributed by atoms with Gasteiger partial charge in [0.2, 0.25) is 10.0 Å². The highest BCUT2D eigenvalue weighted by atomic mass is 32.2. The van der Waals surface area contributed by atoms with E-state index in [9.17, 15) is 13.2 Å². The molecule has 0 unspecified atom stereocenters. The van der Waals surface area contributed by atoms with Gasteiger partial charge in [0.25, 0.3) is 5.91 Å². The summed E-state index contributed by atoms with van der Waals surface area (Å²) in [6.45, 7) is 2.93. The molecule has 6 nitrogen and oxygen atoms in total. The second-order valence-corrected chi connectivity index (χ2v) is 10.5. The molecule has 1 N–H and O–H groups in total. The van der Waals surface area contributed by atoms with E-state index < -0.39 is 10.0 Å². The van der Waals surface area contributed by atoms with Gasteiger partial charge in [-0.3, -0.25) is 4.79 Å².